The van der Waals surface area contributed by atoms with Gasteiger partial charge in [-0.05, 0) is 47.0 Å². The van der Waals surface area contributed by atoms with Crippen LogP contribution in [0.1, 0.15) is 23.6 Å². The van der Waals surface area contributed by atoms with E-state index in [2.05, 4.69) is 15.8 Å². The van der Waals surface area contributed by atoms with Crippen molar-refractivity contribution in [3.05, 3.63) is 118 Å². The summed E-state index contributed by atoms with van der Waals surface area (Å²) in [6.45, 7) is 2.03. The van der Waals surface area contributed by atoms with Crippen molar-refractivity contribution in [3.8, 4) is 5.75 Å². The summed E-state index contributed by atoms with van der Waals surface area (Å²) in [5.74, 6) is 0.00211. The fraction of sp³-hybridized carbons (Fsp3) is 0.167. The summed E-state index contributed by atoms with van der Waals surface area (Å²) in [6.07, 6.45) is 1.05. The van der Waals surface area contributed by atoms with Gasteiger partial charge in [-0.2, -0.15) is 5.10 Å². The van der Waals surface area contributed by atoms with Crippen molar-refractivity contribution in [2.75, 3.05) is 6.61 Å². The molecule has 0 radical (unpaired) electrons. The number of carbonyl (C=O) groups is 2. The van der Waals surface area contributed by atoms with Crippen molar-refractivity contribution in [2.24, 2.45) is 5.10 Å². The number of fused-ring (bicyclic) bond motifs is 1. The highest BCUT2D eigenvalue weighted by Gasteiger charge is 2.22. The van der Waals surface area contributed by atoms with Crippen molar-refractivity contribution in [3.63, 3.8) is 0 Å². The average molecular weight is 541 g/mol. The first kappa shape index (κ1) is 27.8. The molecule has 2 amide bonds. The third kappa shape index (κ3) is 7.41. The van der Waals surface area contributed by atoms with E-state index in [4.69, 9.17) is 9.47 Å². The monoisotopic (exact) mass is 540 g/mol. The molecule has 4 aromatic rings. The molecule has 0 bridgehead atoms. The lowest BCUT2D eigenvalue weighted by molar-refractivity contribution is -0.384. The largest absolute Gasteiger partial charge is 0.488 e. The Morgan fingerprint density at radius 1 is 0.950 bits per heavy atom. The van der Waals surface area contributed by atoms with Gasteiger partial charge in [-0.15, -0.1) is 0 Å². The second-order valence-electron chi connectivity index (χ2n) is 8.75. The standard InChI is InChI=1S/C30H28N4O6/c1-2-39-30(36)32-27(18-21-8-4-3-5-9-21)29(35)33-31-19-26-25-11-7-6-10-23(25)14-17-28(26)40-20-22-12-15-24(16-13-22)34(37)38/h3-17,19,27H,2,18,20H2,1H3,(H,32,36)(H,33,35)/b31-19-/t27-/m0/s1. The van der Waals surface area contributed by atoms with Gasteiger partial charge >= 0.3 is 6.09 Å². The maximum atomic E-state index is 13.0. The van der Waals surface area contributed by atoms with E-state index in [1.807, 2.05) is 60.7 Å². The van der Waals surface area contributed by atoms with Gasteiger partial charge in [-0.1, -0.05) is 60.7 Å². The first-order valence-corrected chi connectivity index (χ1v) is 12.6. The van der Waals surface area contributed by atoms with Gasteiger partial charge in [0.15, 0.2) is 0 Å². The van der Waals surface area contributed by atoms with Gasteiger partial charge in [0.2, 0.25) is 0 Å². The zero-order valence-electron chi connectivity index (χ0n) is 21.8. The van der Waals surface area contributed by atoms with Gasteiger partial charge in [0.25, 0.3) is 11.6 Å². The summed E-state index contributed by atoms with van der Waals surface area (Å²) in [4.78, 5) is 35.6. The SMILES string of the molecule is CCOC(=O)N[C@@H](Cc1ccccc1)C(=O)N/N=C\c1c(OCc2ccc([N+](=O)[O-])cc2)ccc2ccccc12. The summed E-state index contributed by atoms with van der Waals surface area (Å²) < 4.78 is 11.0. The van der Waals surface area contributed by atoms with Gasteiger partial charge in [-0.3, -0.25) is 14.9 Å². The van der Waals surface area contributed by atoms with Gasteiger partial charge < -0.3 is 14.8 Å². The number of nitrogens with one attached hydrogen (secondary N) is 2. The lowest BCUT2D eigenvalue weighted by atomic mass is 10.0. The molecule has 0 spiro atoms. The Morgan fingerprint density at radius 3 is 2.40 bits per heavy atom. The van der Waals surface area contributed by atoms with Crippen LogP contribution >= 0.6 is 0 Å². The van der Waals surface area contributed by atoms with Crippen LogP contribution in [0.15, 0.2) is 96.1 Å². The summed E-state index contributed by atoms with van der Waals surface area (Å²) >= 11 is 0. The van der Waals surface area contributed by atoms with Crippen LogP contribution in [0.2, 0.25) is 0 Å². The first-order valence-electron chi connectivity index (χ1n) is 12.6. The molecule has 204 valence electrons. The van der Waals surface area contributed by atoms with Crippen LogP contribution < -0.4 is 15.5 Å². The fourth-order valence-corrected chi connectivity index (χ4v) is 4.02. The predicted molar refractivity (Wildman–Crippen MR) is 151 cm³/mol. The number of amides is 2. The van der Waals surface area contributed by atoms with Gasteiger partial charge in [0, 0.05) is 24.1 Å². The number of nitrogens with zero attached hydrogens (tertiary/aromatic N) is 2. The van der Waals surface area contributed by atoms with E-state index in [1.54, 1.807) is 25.1 Å². The number of hydrazone groups is 1. The Morgan fingerprint density at radius 2 is 1.68 bits per heavy atom. The molecule has 10 heteroatoms. The normalized spacial score (nSPS) is 11.6. The van der Waals surface area contributed by atoms with Crippen LogP contribution in [0.5, 0.6) is 5.75 Å². The van der Waals surface area contributed by atoms with Crippen molar-refractivity contribution >= 4 is 34.7 Å². The lowest BCUT2D eigenvalue weighted by Gasteiger charge is -2.17. The van der Waals surface area contributed by atoms with E-state index in [-0.39, 0.29) is 25.3 Å². The number of non-ortho nitro benzene ring substituents is 1. The molecule has 0 aliphatic heterocycles. The highest BCUT2D eigenvalue weighted by atomic mass is 16.6. The van der Waals surface area contributed by atoms with E-state index in [0.717, 1.165) is 21.9 Å². The van der Waals surface area contributed by atoms with Crippen LogP contribution in [0, 0.1) is 10.1 Å². The molecule has 4 aromatic carbocycles. The fourth-order valence-electron chi connectivity index (χ4n) is 4.02. The second-order valence-corrected chi connectivity index (χ2v) is 8.75. The van der Waals surface area contributed by atoms with Crippen LogP contribution in [-0.2, 0) is 22.6 Å². The molecular formula is C30H28N4O6. The minimum atomic E-state index is -0.913. The molecule has 0 aliphatic rings. The van der Waals surface area contributed by atoms with Gasteiger partial charge in [-0.25, -0.2) is 10.2 Å². The molecule has 1 atom stereocenters. The minimum Gasteiger partial charge on any atom is -0.488 e. The molecule has 0 heterocycles. The number of ether oxygens (including phenoxy) is 2. The zero-order chi connectivity index (χ0) is 28.3. The van der Waals surface area contributed by atoms with Gasteiger partial charge in [0.05, 0.1) is 17.7 Å². The number of rotatable bonds is 11. The molecule has 4 rings (SSSR count). The summed E-state index contributed by atoms with van der Waals surface area (Å²) in [6, 6.07) is 25.9. The molecule has 0 fully saturated rings. The number of carbonyl (C=O) groups excluding carboxylic acids is 2. The number of nitro groups is 1. The minimum absolute atomic E-state index is 0.000957. The van der Waals surface area contributed by atoms with Crippen molar-refractivity contribution < 1.29 is 24.0 Å². The lowest BCUT2D eigenvalue weighted by Crippen LogP contribution is -2.47. The van der Waals surface area contributed by atoms with E-state index >= 15 is 0 Å². The molecule has 0 saturated heterocycles. The van der Waals surface area contributed by atoms with E-state index in [9.17, 15) is 19.7 Å². The van der Waals surface area contributed by atoms with E-state index in [1.165, 1.54) is 18.3 Å². The highest BCUT2D eigenvalue weighted by Crippen LogP contribution is 2.27. The molecule has 0 aliphatic carbocycles. The molecular weight excluding hydrogens is 512 g/mol. The zero-order valence-corrected chi connectivity index (χ0v) is 21.8. The quantitative estimate of drug-likeness (QED) is 0.154. The van der Waals surface area contributed by atoms with Crippen molar-refractivity contribution in [1.29, 1.82) is 0 Å². The second kappa shape index (κ2) is 13.5. The highest BCUT2D eigenvalue weighted by molar-refractivity contribution is 6.02. The molecule has 0 saturated carbocycles. The maximum Gasteiger partial charge on any atom is 0.407 e. The van der Waals surface area contributed by atoms with E-state index < -0.39 is 23.0 Å². The predicted octanol–water partition coefficient (Wildman–Crippen LogP) is 5.13. The molecule has 40 heavy (non-hydrogen) atoms. The van der Waals surface area contributed by atoms with Crippen LogP contribution in [0.4, 0.5) is 10.5 Å². The Kier molecular flexibility index (Phi) is 9.39. The van der Waals surface area contributed by atoms with E-state index in [0.29, 0.717) is 11.3 Å². The average Bonchev–Trinajstić information content (AvgIpc) is 2.97. The smallest absolute Gasteiger partial charge is 0.407 e. The third-order valence-corrected chi connectivity index (χ3v) is 6.01. The molecule has 2 N–H and O–H groups in total. The molecule has 0 unspecified atom stereocenters. The number of benzene rings is 4. The Hall–Kier alpha value is -5.25. The molecule has 0 aromatic heterocycles. The first-order chi connectivity index (χ1) is 19.4. The number of nitro benzene ring substituents is 1. The molecule has 10 nitrogen and oxygen atoms in total. The Balaban J connectivity index is 1.53. The van der Waals surface area contributed by atoms with Gasteiger partial charge in [0.1, 0.15) is 18.4 Å². The maximum absolute atomic E-state index is 13.0. The number of hydrogen-bond donors (Lipinski definition) is 2. The summed E-state index contributed by atoms with van der Waals surface area (Å²) in [7, 11) is 0. The van der Waals surface area contributed by atoms with Crippen LogP contribution in [0.25, 0.3) is 10.8 Å². The number of hydrogen-bond acceptors (Lipinski definition) is 7. The van der Waals surface area contributed by atoms with Crippen molar-refractivity contribution in [2.45, 2.75) is 26.0 Å². The summed E-state index contributed by atoms with van der Waals surface area (Å²) in [5.41, 5.74) is 4.77. The number of alkyl carbamates (subject to hydrolysis) is 1. The van der Waals surface area contributed by atoms with Crippen molar-refractivity contribution in [1.82, 2.24) is 10.7 Å². The third-order valence-electron chi connectivity index (χ3n) is 6.01. The van der Waals surface area contributed by atoms with Crippen LogP contribution in [0.3, 0.4) is 0 Å². The Labute approximate surface area is 230 Å². The summed E-state index contributed by atoms with van der Waals surface area (Å²) in [5, 5.41) is 19.5. The Bertz CT molecular complexity index is 1510. The van der Waals surface area contributed by atoms with Crippen LogP contribution in [-0.4, -0.2) is 35.8 Å². The topological polar surface area (TPSA) is 132 Å².